The Labute approximate surface area is 91.6 Å². The lowest BCUT2D eigenvalue weighted by Gasteiger charge is -2.20. The van der Waals surface area contributed by atoms with Crippen molar-refractivity contribution in [1.29, 1.82) is 0 Å². The van der Waals surface area contributed by atoms with Crippen LogP contribution in [0.4, 0.5) is 4.39 Å². The maximum atomic E-state index is 13.1. The van der Waals surface area contributed by atoms with E-state index in [1.165, 1.54) is 12.1 Å². The minimum atomic E-state index is -0.419. The normalized spacial score (nSPS) is 27.3. The average molecular weight is 219 g/mol. The lowest BCUT2D eigenvalue weighted by atomic mass is 9.81. The Bertz CT molecular complexity index is 512. The van der Waals surface area contributed by atoms with Crippen LogP contribution in [0, 0.1) is 5.82 Å². The van der Waals surface area contributed by atoms with Crippen molar-refractivity contribution in [3.05, 3.63) is 35.1 Å². The fraction of sp³-hybridized carbons (Fsp3) is 0.333. The molecule has 1 aliphatic heterocycles. The number of carbonyl (C=O) groups excluding carboxylic acids is 2. The molecule has 1 spiro atoms. The van der Waals surface area contributed by atoms with E-state index in [9.17, 15) is 14.0 Å². The summed E-state index contributed by atoms with van der Waals surface area (Å²) in [5.74, 6) is -0.502. The highest BCUT2D eigenvalue weighted by Gasteiger charge is 2.48. The van der Waals surface area contributed by atoms with Gasteiger partial charge in [-0.05, 0) is 17.7 Å². The molecule has 0 bridgehead atoms. The van der Waals surface area contributed by atoms with Crippen molar-refractivity contribution in [3.8, 4) is 0 Å². The largest absolute Gasteiger partial charge is 0.355 e. The number of fused-ring (bicyclic) bond motifs is 2. The first kappa shape index (κ1) is 9.51. The highest BCUT2D eigenvalue weighted by Crippen LogP contribution is 2.43. The molecule has 3 nitrogen and oxygen atoms in total. The number of Topliss-reactive ketones (excluding diaryl/α,β-unsaturated/α-hetero) is 1. The summed E-state index contributed by atoms with van der Waals surface area (Å²) in [5, 5.41) is 2.74. The summed E-state index contributed by atoms with van der Waals surface area (Å²) in [6, 6.07) is 4.26. The van der Waals surface area contributed by atoms with Crippen molar-refractivity contribution in [3.63, 3.8) is 0 Å². The molecule has 1 heterocycles. The van der Waals surface area contributed by atoms with Crippen LogP contribution >= 0.6 is 0 Å². The molecule has 1 unspecified atom stereocenters. The second-order valence-electron chi connectivity index (χ2n) is 4.52. The standard InChI is InChI=1S/C12H10FNO2/c13-7-1-2-9-8(3-7)10(15)4-12(9)5-11(16)14-6-12/h1-3H,4-6H2,(H,14,16). The highest BCUT2D eigenvalue weighted by molar-refractivity contribution is 6.03. The molecule has 1 saturated heterocycles. The zero-order chi connectivity index (χ0) is 11.3. The number of rotatable bonds is 0. The first-order valence-electron chi connectivity index (χ1n) is 5.21. The van der Waals surface area contributed by atoms with E-state index in [1.807, 2.05) is 0 Å². The Morgan fingerprint density at radius 2 is 2.06 bits per heavy atom. The predicted octanol–water partition coefficient (Wildman–Crippen LogP) is 1.17. The van der Waals surface area contributed by atoms with Crippen LogP contribution in [0.25, 0.3) is 0 Å². The van der Waals surface area contributed by atoms with E-state index in [4.69, 9.17) is 0 Å². The van der Waals surface area contributed by atoms with Gasteiger partial charge in [0.1, 0.15) is 5.82 Å². The van der Waals surface area contributed by atoms with Crippen LogP contribution in [0.2, 0.25) is 0 Å². The Morgan fingerprint density at radius 3 is 2.75 bits per heavy atom. The smallest absolute Gasteiger partial charge is 0.221 e. The number of ketones is 1. The van der Waals surface area contributed by atoms with Gasteiger partial charge in [-0.1, -0.05) is 6.07 Å². The fourth-order valence-corrected chi connectivity index (χ4v) is 2.72. The van der Waals surface area contributed by atoms with Gasteiger partial charge in [0, 0.05) is 30.4 Å². The van der Waals surface area contributed by atoms with Crippen LogP contribution in [0.1, 0.15) is 28.8 Å². The molecule has 0 saturated carbocycles. The van der Waals surface area contributed by atoms with E-state index in [0.717, 1.165) is 5.56 Å². The SMILES string of the molecule is O=C1CC2(CN1)CC(=O)c1cc(F)ccc12. The second kappa shape index (κ2) is 2.90. The number of nitrogens with one attached hydrogen (secondary N) is 1. The number of amides is 1. The van der Waals surface area contributed by atoms with E-state index in [-0.39, 0.29) is 11.7 Å². The lowest BCUT2D eigenvalue weighted by molar-refractivity contribution is -0.119. The van der Waals surface area contributed by atoms with Gasteiger partial charge in [-0.2, -0.15) is 0 Å². The molecule has 1 fully saturated rings. The van der Waals surface area contributed by atoms with Crippen molar-refractivity contribution in [2.24, 2.45) is 0 Å². The van der Waals surface area contributed by atoms with Gasteiger partial charge in [0.25, 0.3) is 0 Å². The van der Waals surface area contributed by atoms with Crippen LogP contribution in [0.3, 0.4) is 0 Å². The Kier molecular flexibility index (Phi) is 1.73. The third kappa shape index (κ3) is 1.13. The van der Waals surface area contributed by atoms with Crippen molar-refractivity contribution < 1.29 is 14.0 Å². The first-order chi connectivity index (χ1) is 7.61. The van der Waals surface area contributed by atoms with Gasteiger partial charge in [0.15, 0.2) is 5.78 Å². The number of carbonyl (C=O) groups is 2. The molecule has 0 radical (unpaired) electrons. The molecule has 82 valence electrons. The summed E-state index contributed by atoms with van der Waals surface area (Å²) in [6.07, 6.45) is 0.641. The molecule has 0 aromatic heterocycles. The molecule has 3 rings (SSSR count). The summed E-state index contributed by atoms with van der Waals surface area (Å²) in [7, 11) is 0. The third-order valence-electron chi connectivity index (χ3n) is 3.48. The maximum Gasteiger partial charge on any atom is 0.221 e. The van der Waals surface area contributed by atoms with Crippen molar-refractivity contribution in [2.45, 2.75) is 18.3 Å². The molecule has 1 atom stereocenters. The van der Waals surface area contributed by atoms with Crippen LogP contribution in [-0.2, 0) is 10.2 Å². The number of halogens is 1. The number of hydrogen-bond acceptors (Lipinski definition) is 2. The number of hydrogen-bond donors (Lipinski definition) is 1. The van der Waals surface area contributed by atoms with Crippen molar-refractivity contribution in [1.82, 2.24) is 5.32 Å². The van der Waals surface area contributed by atoms with Gasteiger partial charge in [-0.15, -0.1) is 0 Å². The highest BCUT2D eigenvalue weighted by atomic mass is 19.1. The molecule has 4 heteroatoms. The molecular weight excluding hydrogens is 209 g/mol. The summed E-state index contributed by atoms with van der Waals surface area (Å²) in [4.78, 5) is 23.1. The Morgan fingerprint density at radius 1 is 1.25 bits per heavy atom. The van der Waals surface area contributed by atoms with Crippen LogP contribution < -0.4 is 5.32 Å². The molecule has 2 aliphatic rings. The molecule has 16 heavy (non-hydrogen) atoms. The Balaban J connectivity index is 2.16. The maximum absolute atomic E-state index is 13.1. The summed E-state index contributed by atoms with van der Waals surface area (Å²) in [6.45, 7) is 0.482. The van der Waals surface area contributed by atoms with Crippen LogP contribution in [0.15, 0.2) is 18.2 Å². The van der Waals surface area contributed by atoms with Crippen molar-refractivity contribution >= 4 is 11.7 Å². The molecule has 1 aromatic rings. The van der Waals surface area contributed by atoms with E-state index >= 15 is 0 Å². The molecule has 1 aliphatic carbocycles. The van der Waals surface area contributed by atoms with E-state index in [1.54, 1.807) is 6.07 Å². The molecular formula is C12H10FNO2. The summed E-state index contributed by atoms with van der Waals surface area (Å²) >= 11 is 0. The average Bonchev–Trinajstić information content (AvgIpc) is 2.71. The topological polar surface area (TPSA) is 46.2 Å². The van der Waals surface area contributed by atoms with Gasteiger partial charge in [-0.3, -0.25) is 9.59 Å². The minimum absolute atomic E-state index is 0.0371. The zero-order valence-corrected chi connectivity index (χ0v) is 8.55. The van der Waals surface area contributed by atoms with Gasteiger partial charge in [0.05, 0.1) is 0 Å². The third-order valence-corrected chi connectivity index (χ3v) is 3.48. The minimum Gasteiger partial charge on any atom is -0.355 e. The second-order valence-corrected chi connectivity index (χ2v) is 4.52. The zero-order valence-electron chi connectivity index (χ0n) is 8.55. The van der Waals surface area contributed by atoms with E-state index in [2.05, 4.69) is 5.32 Å². The molecule has 1 N–H and O–H groups in total. The van der Waals surface area contributed by atoms with Crippen LogP contribution in [-0.4, -0.2) is 18.2 Å². The van der Waals surface area contributed by atoms with E-state index < -0.39 is 11.2 Å². The fourth-order valence-electron chi connectivity index (χ4n) is 2.72. The van der Waals surface area contributed by atoms with Gasteiger partial charge < -0.3 is 5.32 Å². The number of benzene rings is 1. The monoisotopic (exact) mass is 219 g/mol. The Hall–Kier alpha value is -1.71. The predicted molar refractivity (Wildman–Crippen MR) is 54.7 cm³/mol. The van der Waals surface area contributed by atoms with Gasteiger partial charge in [-0.25, -0.2) is 4.39 Å². The van der Waals surface area contributed by atoms with Crippen LogP contribution in [0.5, 0.6) is 0 Å². The lowest BCUT2D eigenvalue weighted by Crippen LogP contribution is -2.26. The molecule has 1 amide bonds. The van der Waals surface area contributed by atoms with Gasteiger partial charge in [0.2, 0.25) is 5.91 Å². The summed E-state index contributed by atoms with van der Waals surface area (Å²) < 4.78 is 13.1. The van der Waals surface area contributed by atoms with E-state index in [0.29, 0.717) is 24.9 Å². The van der Waals surface area contributed by atoms with Crippen molar-refractivity contribution in [2.75, 3.05) is 6.54 Å². The van der Waals surface area contributed by atoms with Gasteiger partial charge >= 0.3 is 0 Å². The first-order valence-corrected chi connectivity index (χ1v) is 5.21. The molecule has 1 aromatic carbocycles. The quantitative estimate of drug-likeness (QED) is 0.712. The summed E-state index contributed by atoms with van der Waals surface area (Å²) in [5.41, 5.74) is 0.839.